The van der Waals surface area contributed by atoms with Crippen molar-refractivity contribution in [1.82, 2.24) is 29.7 Å². The molecule has 0 bridgehead atoms. The van der Waals surface area contributed by atoms with Crippen LogP contribution in [0.4, 0.5) is 11.9 Å². The molecule has 10 heteroatoms. The SMILES string of the molecule is CCN(CC)c1nc(N)nc(Sc2n[nH]c(=O)n2CC)n1. The minimum atomic E-state index is -0.258. The van der Waals surface area contributed by atoms with E-state index >= 15 is 0 Å². The summed E-state index contributed by atoms with van der Waals surface area (Å²) in [5.41, 5.74) is 5.48. The van der Waals surface area contributed by atoms with E-state index in [0.717, 1.165) is 13.1 Å². The van der Waals surface area contributed by atoms with Gasteiger partial charge in [0.25, 0.3) is 0 Å². The molecule has 0 spiro atoms. The summed E-state index contributed by atoms with van der Waals surface area (Å²) in [6.07, 6.45) is 0. The monoisotopic (exact) mass is 310 g/mol. The zero-order chi connectivity index (χ0) is 15.4. The third-order valence-electron chi connectivity index (χ3n) is 2.89. The van der Waals surface area contributed by atoms with Crippen LogP contribution in [0.25, 0.3) is 0 Å². The van der Waals surface area contributed by atoms with Gasteiger partial charge in [0.1, 0.15) is 0 Å². The van der Waals surface area contributed by atoms with Crippen LogP contribution in [0, 0.1) is 0 Å². The maximum absolute atomic E-state index is 11.5. The molecule has 0 aromatic carbocycles. The molecule has 114 valence electrons. The second kappa shape index (κ2) is 6.57. The van der Waals surface area contributed by atoms with Gasteiger partial charge in [-0.25, -0.2) is 9.89 Å². The zero-order valence-corrected chi connectivity index (χ0v) is 13.0. The Kier molecular flexibility index (Phi) is 4.78. The van der Waals surface area contributed by atoms with Gasteiger partial charge in [-0.15, -0.1) is 5.10 Å². The highest BCUT2D eigenvalue weighted by molar-refractivity contribution is 7.99. The number of anilines is 2. The second-order valence-corrected chi connectivity index (χ2v) is 5.04. The number of aromatic nitrogens is 6. The third kappa shape index (κ3) is 3.32. The number of hydrogen-bond acceptors (Lipinski definition) is 8. The van der Waals surface area contributed by atoms with Crippen molar-refractivity contribution in [3.63, 3.8) is 0 Å². The minimum Gasteiger partial charge on any atom is -0.368 e. The van der Waals surface area contributed by atoms with E-state index in [2.05, 4.69) is 25.1 Å². The lowest BCUT2D eigenvalue weighted by Gasteiger charge is -2.18. The molecule has 21 heavy (non-hydrogen) atoms. The first-order chi connectivity index (χ1) is 10.1. The summed E-state index contributed by atoms with van der Waals surface area (Å²) in [4.78, 5) is 26.1. The molecule has 0 fully saturated rings. The van der Waals surface area contributed by atoms with Gasteiger partial charge in [0, 0.05) is 19.6 Å². The smallest absolute Gasteiger partial charge is 0.343 e. The van der Waals surface area contributed by atoms with E-state index in [1.165, 1.54) is 16.3 Å². The van der Waals surface area contributed by atoms with Gasteiger partial charge in [0.2, 0.25) is 17.1 Å². The number of nitrogens with zero attached hydrogens (tertiary/aromatic N) is 6. The van der Waals surface area contributed by atoms with Crippen LogP contribution in [0.5, 0.6) is 0 Å². The lowest BCUT2D eigenvalue weighted by atomic mass is 10.5. The van der Waals surface area contributed by atoms with Crippen LogP contribution >= 0.6 is 11.8 Å². The van der Waals surface area contributed by atoms with Gasteiger partial charge in [-0.1, -0.05) is 0 Å². The summed E-state index contributed by atoms with van der Waals surface area (Å²) in [6, 6.07) is 0. The van der Waals surface area contributed by atoms with E-state index < -0.39 is 0 Å². The van der Waals surface area contributed by atoms with Crippen molar-refractivity contribution in [1.29, 1.82) is 0 Å². The second-order valence-electron chi connectivity index (χ2n) is 4.11. The van der Waals surface area contributed by atoms with Crippen LogP contribution in [0.15, 0.2) is 15.1 Å². The Morgan fingerprint density at radius 3 is 2.57 bits per heavy atom. The van der Waals surface area contributed by atoms with Crippen LogP contribution in [-0.4, -0.2) is 42.8 Å². The number of H-pyrrole nitrogens is 1. The minimum absolute atomic E-state index is 0.148. The molecule has 2 heterocycles. The third-order valence-corrected chi connectivity index (χ3v) is 3.75. The predicted octanol–water partition coefficient (Wildman–Crippen LogP) is 0.356. The average Bonchev–Trinajstić information content (AvgIpc) is 2.80. The van der Waals surface area contributed by atoms with E-state index in [1.807, 2.05) is 25.7 Å². The first kappa shape index (κ1) is 15.3. The topological polar surface area (TPSA) is 119 Å². The number of nitrogen functional groups attached to an aromatic ring is 1. The van der Waals surface area contributed by atoms with Crippen LogP contribution in [0.1, 0.15) is 20.8 Å². The molecule has 3 N–H and O–H groups in total. The van der Waals surface area contributed by atoms with Gasteiger partial charge in [-0.3, -0.25) is 4.57 Å². The Labute approximate surface area is 126 Å². The fraction of sp³-hybridized carbons (Fsp3) is 0.545. The molecule has 0 atom stereocenters. The molecule has 2 aromatic heterocycles. The number of nitrogens with two attached hydrogens (primary N) is 1. The molecular formula is C11H18N8OS. The standard InChI is InChI=1S/C11H18N8OS/c1-4-18(5-2)8-13-7(12)14-9(15-8)21-11-17-16-10(20)19(11)6-3/h4-6H2,1-3H3,(H,16,20)(H2,12,13,14,15). The van der Waals surface area contributed by atoms with E-state index in [-0.39, 0.29) is 11.6 Å². The molecule has 0 amide bonds. The highest BCUT2D eigenvalue weighted by atomic mass is 32.2. The Hall–Kier alpha value is -2.10. The van der Waals surface area contributed by atoms with Crippen molar-refractivity contribution in [2.75, 3.05) is 23.7 Å². The fourth-order valence-electron chi connectivity index (χ4n) is 1.80. The Morgan fingerprint density at radius 1 is 1.24 bits per heavy atom. The van der Waals surface area contributed by atoms with Gasteiger partial charge in [0.05, 0.1) is 0 Å². The molecule has 0 unspecified atom stereocenters. The van der Waals surface area contributed by atoms with Gasteiger partial charge in [-0.05, 0) is 32.5 Å². The summed E-state index contributed by atoms with van der Waals surface area (Å²) < 4.78 is 1.50. The van der Waals surface area contributed by atoms with E-state index in [0.29, 0.717) is 22.8 Å². The molecule has 0 aliphatic heterocycles. The van der Waals surface area contributed by atoms with Crippen LogP contribution < -0.4 is 16.3 Å². The number of aromatic amines is 1. The summed E-state index contributed by atoms with van der Waals surface area (Å²) in [5, 5.41) is 7.28. The summed E-state index contributed by atoms with van der Waals surface area (Å²) >= 11 is 1.18. The molecule has 9 nitrogen and oxygen atoms in total. The summed E-state index contributed by atoms with van der Waals surface area (Å²) in [7, 11) is 0. The summed E-state index contributed by atoms with van der Waals surface area (Å²) in [6.45, 7) is 7.95. The van der Waals surface area contributed by atoms with Gasteiger partial charge < -0.3 is 10.6 Å². The lowest BCUT2D eigenvalue weighted by Crippen LogP contribution is -2.25. The van der Waals surface area contributed by atoms with Gasteiger partial charge in [0.15, 0.2) is 5.16 Å². The zero-order valence-electron chi connectivity index (χ0n) is 12.2. The predicted molar refractivity (Wildman–Crippen MR) is 80.4 cm³/mol. The Morgan fingerprint density at radius 2 is 1.95 bits per heavy atom. The molecule has 0 saturated heterocycles. The quantitative estimate of drug-likeness (QED) is 0.785. The Balaban J connectivity index is 2.34. The van der Waals surface area contributed by atoms with Crippen molar-refractivity contribution in [3.8, 4) is 0 Å². The van der Waals surface area contributed by atoms with E-state index in [1.54, 1.807) is 0 Å². The molecule has 0 aliphatic rings. The first-order valence-corrected chi connectivity index (χ1v) is 7.50. The molecule has 0 radical (unpaired) electrons. The number of nitrogens with one attached hydrogen (secondary N) is 1. The van der Waals surface area contributed by atoms with Crippen LogP contribution in [0.3, 0.4) is 0 Å². The molecule has 0 aliphatic carbocycles. The summed E-state index contributed by atoms with van der Waals surface area (Å²) in [5.74, 6) is 0.672. The molecule has 2 aromatic rings. The lowest BCUT2D eigenvalue weighted by molar-refractivity contribution is 0.659. The number of rotatable bonds is 6. The van der Waals surface area contributed by atoms with Crippen molar-refractivity contribution >= 4 is 23.7 Å². The maximum atomic E-state index is 11.5. The van der Waals surface area contributed by atoms with Gasteiger partial charge >= 0.3 is 5.69 Å². The highest BCUT2D eigenvalue weighted by Gasteiger charge is 2.14. The molecule has 2 rings (SSSR count). The Bertz CT molecular complexity index is 662. The van der Waals surface area contributed by atoms with Crippen LogP contribution in [-0.2, 0) is 6.54 Å². The molecular weight excluding hydrogens is 292 g/mol. The van der Waals surface area contributed by atoms with E-state index in [4.69, 9.17) is 5.73 Å². The fourth-order valence-corrected chi connectivity index (χ4v) is 2.64. The van der Waals surface area contributed by atoms with Crippen molar-refractivity contribution in [3.05, 3.63) is 10.5 Å². The van der Waals surface area contributed by atoms with Gasteiger partial charge in [-0.2, -0.15) is 15.0 Å². The maximum Gasteiger partial charge on any atom is 0.343 e. The van der Waals surface area contributed by atoms with E-state index in [9.17, 15) is 4.79 Å². The normalized spacial score (nSPS) is 10.8. The highest BCUT2D eigenvalue weighted by Crippen LogP contribution is 2.23. The number of hydrogen-bond donors (Lipinski definition) is 2. The van der Waals surface area contributed by atoms with Crippen molar-refractivity contribution in [2.24, 2.45) is 0 Å². The largest absolute Gasteiger partial charge is 0.368 e. The first-order valence-electron chi connectivity index (χ1n) is 6.68. The van der Waals surface area contributed by atoms with Crippen molar-refractivity contribution in [2.45, 2.75) is 37.6 Å². The van der Waals surface area contributed by atoms with Crippen molar-refractivity contribution < 1.29 is 0 Å². The molecule has 0 saturated carbocycles. The van der Waals surface area contributed by atoms with Crippen LogP contribution in [0.2, 0.25) is 0 Å². The average molecular weight is 310 g/mol.